The number of piperazine rings is 1. The largest absolute Gasteiger partial charge is 0.491 e. The molecule has 0 spiro atoms. The smallest absolute Gasteiger partial charge is 0.193 e. The number of hydrogen-bond acceptors (Lipinski definition) is 4. The summed E-state index contributed by atoms with van der Waals surface area (Å²) in [6.45, 7) is 9.25. The number of carbonyl (C=O) groups excluding carboxylic acids is 1. The summed E-state index contributed by atoms with van der Waals surface area (Å²) in [4.78, 5) is 16.4. The number of hydrogen-bond donors (Lipinski definition) is 2. The van der Waals surface area contributed by atoms with E-state index in [-0.39, 0.29) is 12.4 Å². The summed E-state index contributed by atoms with van der Waals surface area (Å²) >= 11 is 0. The fourth-order valence-corrected chi connectivity index (χ4v) is 4.39. The first-order valence-corrected chi connectivity index (χ1v) is 11.7. The van der Waals surface area contributed by atoms with Gasteiger partial charge in [0.15, 0.2) is 5.78 Å². The van der Waals surface area contributed by atoms with Crippen LogP contribution in [0.1, 0.15) is 27.0 Å². The lowest BCUT2D eigenvalue weighted by Crippen LogP contribution is -3.16. The van der Waals surface area contributed by atoms with E-state index in [9.17, 15) is 9.90 Å². The molecule has 1 fully saturated rings. The number of ketones is 1. The van der Waals surface area contributed by atoms with Crippen molar-refractivity contribution in [2.75, 3.05) is 44.2 Å². The molecule has 5 nitrogen and oxygen atoms in total. The lowest BCUT2D eigenvalue weighted by atomic mass is 10.0. The maximum absolute atomic E-state index is 12.5. The van der Waals surface area contributed by atoms with Crippen molar-refractivity contribution in [1.29, 1.82) is 0 Å². The first kappa shape index (κ1) is 23.0. The standard InChI is InChI=1S/C28H32N2O3/c1-21-7-6-10-27(22(21)2)30-17-15-29(16-18-30)19-25(31)20-33-26-13-11-24(12-14-26)28(32)23-8-4-3-5-9-23/h3-14,25,31H,15-20H2,1-2H3/p+1/t25-/m0/s1. The van der Waals surface area contributed by atoms with Crippen LogP contribution < -0.4 is 14.5 Å². The van der Waals surface area contributed by atoms with Crippen LogP contribution in [0.25, 0.3) is 0 Å². The SMILES string of the molecule is Cc1cccc(N2CC[NH+](C[C@H](O)COc3ccc(C(=O)c4ccccc4)cc3)CC2)c1C. The van der Waals surface area contributed by atoms with Gasteiger partial charge in [-0.3, -0.25) is 4.79 Å². The number of quaternary nitrogens is 1. The maximum Gasteiger partial charge on any atom is 0.193 e. The van der Waals surface area contributed by atoms with Crippen molar-refractivity contribution in [3.8, 4) is 5.75 Å². The van der Waals surface area contributed by atoms with E-state index in [1.54, 1.807) is 24.3 Å². The summed E-state index contributed by atoms with van der Waals surface area (Å²) < 4.78 is 5.78. The van der Waals surface area contributed by atoms with Crippen molar-refractivity contribution < 1.29 is 19.5 Å². The van der Waals surface area contributed by atoms with Crippen molar-refractivity contribution in [2.45, 2.75) is 20.0 Å². The second-order valence-corrected chi connectivity index (χ2v) is 8.84. The van der Waals surface area contributed by atoms with Crippen LogP contribution in [0.5, 0.6) is 5.75 Å². The van der Waals surface area contributed by atoms with E-state index >= 15 is 0 Å². The second-order valence-electron chi connectivity index (χ2n) is 8.84. The highest BCUT2D eigenvalue weighted by Crippen LogP contribution is 2.22. The van der Waals surface area contributed by atoms with Gasteiger partial charge in [0.2, 0.25) is 0 Å². The van der Waals surface area contributed by atoms with Gasteiger partial charge in [0.05, 0.1) is 26.2 Å². The molecule has 1 heterocycles. The molecular weight excluding hydrogens is 412 g/mol. The minimum Gasteiger partial charge on any atom is -0.491 e. The van der Waals surface area contributed by atoms with Gasteiger partial charge < -0.3 is 19.6 Å². The van der Waals surface area contributed by atoms with Crippen LogP contribution in [-0.2, 0) is 0 Å². The predicted octanol–water partition coefficient (Wildman–Crippen LogP) is 2.68. The lowest BCUT2D eigenvalue weighted by Gasteiger charge is -2.35. The third-order valence-corrected chi connectivity index (χ3v) is 6.51. The van der Waals surface area contributed by atoms with E-state index < -0.39 is 6.10 Å². The van der Waals surface area contributed by atoms with Crippen LogP contribution in [0.4, 0.5) is 5.69 Å². The van der Waals surface area contributed by atoms with Crippen molar-refractivity contribution in [2.24, 2.45) is 0 Å². The zero-order valence-corrected chi connectivity index (χ0v) is 19.5. The van der Waals surface area contributed by atoms with E-state index in [2.05, 4.69) is 36.9 Å². The average Bonchev–Trinajstić information content (AvgIpc) is 2.85. The first-order chi connectivity index (χ1) is 16.0. The Kier molecular flexibility index (Phi) is 7.43. The monoisotopic (exact) mass is 445 g/mol. The van der Waals surface area contributed by atoms with Crippen LogP contribution in [0.3, 0.4) is 0 Å². The van der Waals surface area contributed by atoms with Gasteiger partial charge in [0.1, 0.15) is 25.0 Å². The number of ether oxygens (including phenoxy) is 1. The highest BCUT2D eigenvalue weighted by Gasteiger charge is 2.23. The van der Waals surface area contributed by atoms with E-state index in [0.717, 1.165) is 26.2 Å². The highest BCUT2D eigenvalue weighted by atomic mass is 16.5. The predicted molar refractivity (Wildman–Crippen MR) is 132 cm³/mol. The van der Waals surface area contributed by atoms with Gasteiger partial charge in [-0.15, -0.1) is 0 Å². The molecule has 0 saturated carbocycles. The Morgan fingerprint density at radius 3 is 2.30 bits per heavy atom. The molecule has 1 aliphatic heterocycles. The number of aryl methyl sites for hydroxylation is 1. The topological polar surface area (TPSA) is 54.2 Å². The number of rotatable bonds is 8. The molecule has 172 valence electrons. The zero-order chi connectivity index (χ0) is 23.2. The molecule has 5 heteroatoms. The highest BCUT2D eigenvalue weighted by molar-refractivity contribution is 6.08. The number of nitrogens with one attached hydrogen (secondary N) is 1. The quantitative estimate of drug-likeness (QED) is 0.524. The molecule has 3 aromatic carbocycles. The van der Waals surface area contributed by atoms with Crippen molar-refractivity contribution in [3.63, 3.8) is 0 Å². The van der Waals surface area contributed by atoms with Gasteiger partial charge in [-0.05, 0) is 55.3 Å². The third-order valence-electron chi connectivity index (χ3n) is 6.51. The molecule has 33 heavy (non-hydrogen) atoms. The Bertz CT molecular complexity index is 1060. The van der Waals surface area contributed by atoms with E-state index in [1.807, 2.05) is 30.3 Å². The minimum absolute atomic E-state index is 0.00853. The Balaban J connectivity index is 1.22. The van der Waals surface area contributed by atoms with Crippen LogP contribution in [-0.4, -0.2) is 56.3 Å². The normalized spacial score (nSPS) is 15.3. The van der Waals surface area contributed by atoms with Crippen LogP contribution >= 0.6 is 0 Å². The number of aliphatic hydroxyl groups excluding tert-OH is 1. The molecule has 0 amide bonds. The Morgan fingerprint density at radius 1 is 0.939 bits per heavy atom. The number of aliphatic hydroxyl groups is 1. The van der Waals surface area contributed by atoms with Crippen molar-refractivity contribution in [3.05, 3.63) is 95.1 Å². The summed E-state index contributed by atoms with van der Waals surface area (Å²) in [5, 5.41) is 10.5. The molecule has 1 aliphatic rings. The summed E-state index contributed by atoms with van der Waals surface area (Å²) in [7, 11) is 0. The first-order valence-electron chi connectivity index (χ1n) is 11.7. The van der Waals surface area contributed by atoms with Crippen LogP contribution in [0.15, 0.2) is 72.8 Å². The fourth-order valence-electron chi connectivity index (χ4n) is 4.39. The average molecular weight is 446 g/mol. The maximum atomic E-state index is 12.5. The molecule has 4 rings (SSSR count). The van der Waals surface area contributed by atoms with Gasteiger partial charge in [0.25, 0.3) is 0 Å². The molecule has 0 aliphatic carbocycles. The van der Waals surface area contributed by atoms with Gasteiger partial charge in [0, 0.05) is 16.8 Å². The van der Waals surface area contributed by atoms with Crippen molar-refractivity contribution in [1.82, 2.24) is 0 Å². The molecule has 0 bridgehead atoms. The Morgan fingerprint density at radius 2 is 1.61 bits per heavy atom. The van der Waals surface area contributed by atoms with Gasteiger partial charge in [-0.25, -0.2) is 0 Å². The summed E-state index contributed by atoms with van der Waals surface area (Å²) in [6.07, 6.45) is -0.530. The van der Waals surface area contributed by atoms with E-state index in [0.29, 0.717) is 23.4 Å². The van der Waals surface area contributed by atoms with E-state index in [1.165, 1.54) is 21.7 Å². The fraction of sp³-hybridized carbons (Fsp3) is 0.321. The zero-order valence-electron chi connectivity index (χ0n) is 19.5. The molecule has 0 aromatic heterocycles. The molecule has 0 radical (unpaired) electrons. The second kappa shape index (κ2) is 10.6. The van der Waals surface area contributed by atoms with Gasteiger partial charge in [-0.2, -0.15) is 0 Å². The minimum atomic E-state index is -0.530. The van der Waals surface area contributed by atoms with Crippen molar-refractivity contribution >= 4 is 11.5 Å². The molecule has 1 atom stereocenters. The summed E-state index contributed by atoms with van der Waals surface area (Å²) in [5.74, 6) is 0.652. The number of nitrogens with zero attached hydrogens (tertiary/aromatic N) is 1. The lowest BCUT2D eigenvalue weighted by molar-refractivity contribution is -0.903. The number of carbonyl (C=O) groups is 1. The molecule has 2 N–H and O–H groups in total. The summed E-state index contributed by atoms with van der Waals surface area (Å²) in [5.41, 5.74) is 5.30. The molecule has 0 unspecified atom stereocenters. The number of anilines is 1. The van der Waals surface area contributed by atoms with Crippen LogP contribution in [0.2, 0.25) is 0 Å². The van der Waals surface area contributed by atoms with Gasteiger partial charge in [-0.1, -0.05) is 42.5 Å². The molecular formula is C28H33N2O3+. The third kappa shape index (κ3) is 5.81. The van der Waals surface area contributed by atoms with E-state index in [4.69, 9.17) is 4.74 Å². The molecule has 3 aromatic rings. The molecule has 1 saturated heterocycles. The van der Waals surface area contributed by atoms with Crippen LogP contribution in [0, 0.1) is 13.8 Å². The Labute approximate surface area is 196 Å². The van der Waals surface area contributed by atoms with Gasteiger partial charge >= 0.3 is 0 Å². The summed E-state index contributed by atoms with van der Waals surface area (Å²) in [6, 6.07) is 22.9. The Hall–Kier alpha value is -3.15. The number of benzene rings is 3.